The summed E-state index contributed by atoms with van der Waals surface area (Å²) in [6.07, 6.45) is 1.83. The van der Waals surface area contributed by atoms with Crippen molar-refractivity contribution in [3.8, 4) is 22.3 Å². The summed E-state index contributed by atoms with van der Waals surface area (Å²) in [5.41, 5.74) is -0.253. The number of nitrogens with zero attached hydrogens (tertiary/aromatic N) is 1. The molecule has 0 aliphatic rings. The Hall–Kier alpha value is -4.53. The van der Waals surface area contributed by atoms with Gasteiger partial charge in [-0.15, -0.1) is 0 Å². The zero-order chi connectivity index (χ0) is 30.4. The Morgan fingerprint density at radius 3 is 1.95 bits per heavy atom. The van der Waals surface area contributed by atoms with E-state index < -0.39 is 52.2 Å². The fourth-order valence-corrected chi connectivity index (χ4v) is 4.33. The molecule has 42 heavy (non-hydrogen) atoms. The van der Waals surface area contributed by atoms with Crippen molar-refractivity contribution >= 4 is 28.9 Å². The molecule has 10 heteroatoms. The van der Waals surface area contributed by atoms with E-state index >= 15 is 0 Å². The lowest BCUT2D eigenvalue weighted by Crippen LogP contribution is -1.98. The molecule has 0 saturated carbocycles. The predicted molar refractivity (Wildman–Crippen MR) is 151 cm³/mol. The van der Waals surface area contributed by atoms with Crippen molar-refractivity contribution in [2.75, 3.05) is 6.61 Å². The average molecular weight is 600 g/mol. The minimum Gasteiger partial charge on any atom is -0.464 e. The van der Waals surface area contributed by atoms with Gasteiger partial charge in [-0.1, -0.05) is 49.1 Å². The number of isothiocyanates is 1. The van der Waals surface area contributed by atoms with Gasteiger partial charge in [0.1, 0.15) is 29.7 Å². The van der Waals surface area contributed by atoms with Crippen LogP contribution in [0.4, 0.5) is 36.4 Å². The molecule has 4 aromatic carbocycles. The molecule has 0 aromatic heterocycles. The van der Waals surface area contributed by atoms with Crippen LogP contribution >= 0.6 is 12.2 Å². The molecule has 0 aliphatic carbocycles. The first-order valence-corrected chi connectivity index (χ1v) is 12.8. The van der Waals surface area contributed by atoms with E-state index in [1.807, 2.05) is 5.16 Å². The lowest BCUT2D eigenvalue weighted by molar-refractivity contribution is 0.169. The molecule has 0 amide bonds. The minimum atomic E-state index is -1.48. The van der Waals surface area contributed by atoms with Crippen molar-refractivity contribution < 1.29 is 35.5 Å². The van der Waals surface area contributed by atoms with Crippen molar-refractivity contribution in [2.45, 2.75) is 12.8 Å². The molecule has 4 aromatic rings. The number of ether oxygens (including phenoxy) is 1. The first kappa shape index (κ1) is 30.4. The third-order valence-electron chi connectivity index (χ3n) is 6.26. The number of benzene rings is 4. The van der Waals surface area contributed by atoms with Crippen LogP contribution in [0.2, 0.25) is 0 Å². The first-order chi connectivity index (χ1) is 20.1. The van der Waals surface area contributed by atoms with Crippen LogP contribution in [0.3, 0.4) is 0 Å². The van der Waals surface area contributed by atoms with E-state index in [0.29, 0.717) is 17.5 Å². The summed E-state index contributed by atoms with van der Waals surface area (Å²) in [6.45, 7) is 3.09. The fourth-order valence-electron chi connectivity index (χ4n) is 4.24. The van der Waals surface area contributed by atoms with E-state index in [1.165, 1.54) is 18.2 Å². The SMILES string of the molecule is C=CCOC(F)=C(F)c1ccc(-c2ccc(CCc3cc(F)c(-c4cc(F)c(N=C=S)c(F)c4)c(F)c3)cc2)c(F)c1. The van der Waals surface area contributed by atoms with E-state index in [2.05, 4.69) is 28.5 Å². The maximum absolute atomic E-state index is 14.9. The van der Waals surface area contributed by atoms with E-state index in [-0.39, 0.29) is 29.7 Å². The molecule has 0 aliphatic heterocycles. The minimum absolute atomic E-state index is 0.153. The van der Waals surface area contributed by atoms with E-state index in [1.54, 1.807) is 24.3 Å². The molecule has 0 atom stereocenters. The zero-order valence-electron chi connectivity index (χ0n) is 21.7. The molecular formula is C32H20F7NOS. The number of hydrogen-bond acceptors (Lipinski definition) is 3. The van der Waals surface area contributed by atoms with Crippen molar-refractivity contribution in [2.24, 2.45) is 4.99 Å². The summed E-state index contributed by atoms with van der Waals surface area (Å²) in [4.78, 5) is 3.28. The van der Waals surface area contributed by atoms with Gasteiger partial charge >= 0.3 is 6.01 Å². The number of hydrogen-bond donors (Lipinski definition) is 0. The Kier molecular flexibility index (Phi) is 9.72. The Morgan fingerprint density at radius 2 is 1.38 bits per heavy atom. The summed E-state index contributed by atoms with van der Waals surface area (Å²) in [5, 5.41) is 1.84. The topological polar surface area (TPSA) is 21.6 Å². The third-order valence-corrected chi connectivity index (χ3v) is 6.35. The second-order valence-electron chi connectivity index (χ2n) is 9.00. The second kappa shape index (κ2) is 13.4. The van der Waals surface area contributed by atoms with E-state index in [4.69, 9.17) is 0 Å². The van der Waals surface area contributed by atoms with Crippen LogP contribution < -0.4 is 0 Å². The molecular weight excluding hydrogens is 579 g/mol. The monoisotopic (exact) mass is 599 g/mol. The fraction of sp³-hybridized carbons (Fsp3) is 0.0938. The van der Waals surface area contributed by atoms with Crippen LogP contribution in [0.1, 0.15) is 16.7 Å². The molecule has 0 unspecified atom stereocenters. The van der Waals surface area contributed by atoms with Crippen LogP contribution in [-0.4, -0.2) is 11.8 Å². The summed E-state index contributed by atoms with van der Waals surface area (Å²) < 4.78 is 105. The summed E-state index contributed by atoms with van der Waals surface area (Å²) in [6, 6.07) is 12.2. The normalized spacial score (nSPS) is 11.5. The largest absolute Gasteiger partial charge is 0.464 e. The number of thiocarbonyl (C=S) groups is 1. The van der Waals surface area contributed by atoms with Gasteiger partial charge in [-0.3, -0.25) is 0 Å². The number of halogens is 7. The van der Waals surface area contributed by atoms with Gasteiger partial charge in [-0.25, -0.2) is 22.0 Å². The highest BCUT2D eigenvalue weighted by molar-refractivity contribution is 7.78. The molecule has 0 heterocycles. The van der Waals surface area contributed by atoms with Crippen LogP contribution in [-0.2, 0) is 17.6 Å². The molecule has 0 radical (unpaired) electrons. The van der Waals surface area contributed by atoms with Crippen molar-refractivity contribution in [3.63, 3.8) is 0 Å². The summed E-state index contributed by atoms with van der Waals surface area (Å²) >= 11 is 4.34. The van der Waals surface area contributed by atoms with Crippen LogP contribution in [0, 0.1) is 29.1 Å². The molecule has 0 fully saturated rings. The van der Waals surface area contributed by atoms with Gasteiger partial charge < -0.3 is 4.74 Å². The zero-order valence-corrected chi connectivity index (χ0v) is 22.5. The molecule has 2 nitrogen and oxygen atoms in total. The number of aryl methyl sites for hydroxylation is 2. The smallest absolute Gasteiger partial charge is 0.310 e. The average Bonchev–Trinajstić information content (AvgIpc) is 2.96. The number of rotatable bonds is 10. The Balaban J connectivity index is 1.48. The Labute approximate surface area is 242 Å². The quantitative estimate of drug-likeness (QED) is 0.0595. The standard InChI is InChI=1S/C32H20F7NOS/c1-2-11-41-32(39)30(38)21-9-10-23(24(33)14-21)20-7-5-18(6-8-20)3-4-19-12-25(34)29(26(35)13-19)22-15-27(36)31(40-17-42)28(37)16-22/h2,5-10,12-16H,1,3-4,11H2. The highest BCUT2D eigenvalue weighted by atomic mass is 32.1. The van der Waals surface area contributed by atoms with Crippen LogP contribution in [0.25, 0.3) is 28.1 Å². The molecule has 214 valence electrons. The van der Waals surface area contributed by atoms with Crippen molar-refractivity contribution in [1.82, 2.24) is 0 Å². The van der Waals surface area contributed by atoms with Gasteiger partial charge in [-0.05, 0) is 77.6 Å². The molecule has 4 rings (SSSR count). The maximum atomic E-state index is 14.9. The van der Waals surface area contributed by atoms with Gasteiger partial charge in [0.25, 0.3) is 0 Å². The van der Waals surface area contributed by atoms with Crippen molar-refractivity contribution in [1.29, 1.82) is 0 Å². The molecule has 0 N–H and O–H groups in total. The van der Waals surface area contributed by atoms with Crippen LogP contribution in [0.15, 0.2) is 90.4 Å². The molecule has 0 saturated heterocycles. The van der Waals surface area contributed by atoms with Gasteiger partial charge in [0.15, 0.2) is 11.6 Å². The van der Waals surface area contributed by atoms with E-state index in [0.717, 1.165) is 35.9 Å². The van der Waals surface area contributed by atoms with Crippen LogP contribution in [0.5, 0.6) is 0 Å². The second-order valence-corrected chi connectivity index (χ2v) is 9.19. The maximum Gasteiger partial charge on any atom is 0.310 e. The number of aliphatic imine (C=N–C) groups is 1. The summed E-state index contributed by atoms with van der Waals surface area (Å²) in [7, 11) is 0. The lowest BCUT2D eigenvalue weighted by Gasteiger charge is -2.11. The van der Waals surface area contributed by atoms with E-state index in [9.17, 15) is 30.7 Å². The summed E-state index contributed by atoms with van der Waals surface area (Å²) in [5.74, 6) is -6.40. The van der Waals surface area contributed by atoms with Gasteiger partial charge in [0.2, 0.25) is 5.83 Å². The Bertz CT molecular complexity index is 1680. The third kappa shape index (κ3) is 6.84. The highest BCUT2D eigenvalue weighted by Gasteiger charge is 2.19. The molecule has 0 bridgehead atoms. The van der Waals surface area contributed by atoms with Gasteiger partial charge in [-0.2, -0.15) is 13.8 Å². The Morgan fingerprint density at radius 1 is 0.762 bits per heavy atom. The van der Waals surface area contributed by atoms with Crippen molar-refractivity contribution in [3.05, 3.63) is 131 Å². The van der Waals surface area contributed by atoms with Gasteiger partial charge in [0, 0.05) is 11.1 Å². The lowest BCUT2D eigenvalue weighted by atomic mass is 9.97. The highest BCUT2D eigenvalue weighted by Crippen LogP contribution is 2.33. The predicted octanol–water partition coefficient (Wildman–Crippen LogP) is 10.0. The first-order valence-electron chi connectivity index (χ1n) is 12.4. The molecule has 0 spiro atoms. The van der Waals surface area contributed by atoms with Gasteiger partial charge in [0.05, 0.1) is 10.7 Å².